The van der Waals surface area contributed by atoms with Crippen molar-refractivity contribution in [1.29, 1.82) is 5.26 Å². The van der Waals surface area contributed by atoms with Gasteiger partial charge in [-0.05, 0) is 43.4 Å². The van der Waals surface area contributed by atoms with Crippen LogP contribution in [0.2, 0.25) is 0 Å². The molecule has 0 saturated heterocycles. The molecular formula is C17H17N3O. The average Bonchev–Trinajstić information content (AvgIpc) is 2.53. The van der Waals surface area contributed by atoms with Gasteiger partial charge < -0.3 is 5.11 Å². The lowest BCUT2D eigenvalue weighted by Gasteiger charge is -2.35. The second-order valence-electron chi connectivity index (χ2n) is 5.64. The summed E-state index contributed by atoms with van der Waals surface area (Å²) in [6.45, 7) is 1.78. The van der Waals surface area contributed by atoms with E-state index in [-0.39, 0.29) is 0 Å². The smallest absolute Gasteiger partial charge is 0.125 e. The minimum absolute atomic E-state index is 0.531. The quantitative estimate of drug-likeness (QED) is 0.917. The first-order chi connectivity index (χ1) is 10.1. The molecule has 2 aromatic rings. The number of aliphatic hydroxyl groups is 1. The van der Waals surface area contributed by atoms with E-state index in [0.717, 1.165) is 12.0 Å². The van der Waals surface area contributed by atoms with Crippen molar-refractivity contribution < 1.29 is 5.11 Å². The van der Waals surface area contributed by atoms with Crippen LogP contribution in [0.1, 0.15) is 35.2 Å². The van der Waals surface area contributed by atoms with Crippen LogP contribution in [0.25, 0.3) is 0 Å². The molecule has 106 valence electrons. The predicted molar refractivity (Wildman–Crippen MR) is 78.2 cm³/mol. The number of nitriles is 1. The number of aliphatic hydroxyl groups excluding tert-OH is 1. The third-order valence-electron chi connectivity index (χ3n) is 4.29. The zero-order valence-electron chi connectivity index (χ0n) is 12.0. The molecule has 21 heavy (non-hydrogen) atoms. The molecule has 2 unspecified atom stereocenters. The number of rotatable bonds is 2. The summed E-state index contributed by atoms with van der Waals surface area (Å²) in [7, 11) is 0. The molecule has 0 aliphatic heterocycles. The number of aryl methyl sites for hydroxylation is 2. The van der Waals surface area contributed by atoms with Crippen molar-refractivity contribution in [2.75, 3.05) is 0 Å². The van der Waals surface area contributed by atoms with Crippen molar-refractivity contribution in [1.82, 2.24) is 9.97 Å². The molecule has 0 amide bonds. The van der Waals surface area contributed by atoms with Crippen LogP contribution in [0.4, 0.5) is 0 Å². The summed E-state index contributed by atoms with van der Waals surface area (Å²) in [5, 5.41) is 20.4. The molecule has 1 aromatic heterocycles. The maximum Gasteiger partial charge on any atom is 0.125 e. The molecule has 3 rings (SSSR count). The van der Waals surface area contributed by atoms with E-state index in [1.807, 2.05) is 18.2 Å². The Morgan fingerprint density at radius 2 is 2.05 bits per heavy atom. The van der Waals surface area contributed by atoms with E-state index in [4.69, 9.17) is 0 Å². The Balaban J connectivity index is 1.97. The van der Waals surface area contributed by atoms with Crippen LogP contribution >= 0.6 is 0 Å². The number of aromatic nitrogens is 2. The minimum atomic E-state index is -0.891. The van der Waals surface area contributed by atoms with Gasteiger partial charge in [-0.3, -0.25) is 0 Å². The summed E-state index contributed by atoms with van der Waals surface area (Å²) in [4.78, 5) is 8.33. The van der Waals surface area contributed by atoms with Crippen LogP contribution in [0, 0.1) is 23.7 Å². The third kappa shape index (κ3) is 2.41. The highest BCUT2D eigenvalue weighted by Gasteiger charge is 2.42. The van der Waals surface area contributed by atoms with Gasteiger partial charge in [-0.1, -0.05) is 24.3 Å². The molecule has 0 saturated carbocycles. The molecule has 0 spiro atoms. The first-order valence-electron chi connectivity index (χ1n) is 7.10. The standard InChI is InChI=1S/C17H17N3O/c1-12-19-9-7-15(20-12)16(21)17(11-18)8-6-13-4-2-3-5-14(13)10-17/h2-5,7,9,16,21H,6,8,10H2,1H3. The molecular weight excluding hydrogens is 262 g/mol. The Labute approximate surface area is 124 Å². The molecule has 1 heterocycles. The Morgan fingerprint density at radius 1 is 1.29 bits per heavy atom. The maximum atomic E-state index is 10.7. The van der Waals surface area contributed by atoms with Crippen LogP contribution < -0.4 is 0 Å². The fourth-order valence-electron chi connectivity index (χ4n) is 3.06. The first kappa shape index (κ1) is 13.7. The highest BCUT2D eigenvalue weighted by atomic mass is 16.3. The van der Waals surface area contributed by atoms with Crippen molar-refractivity contribution in [3.63, 3.8) is 0 Å². The molecule has 0 fully saturated rings. The van der Waals surface area contributed by atoms with Crippen LogP contribution in [0.3, 0.4) is 0 Å². The van der Waals surface area contributed by atoms with Crippen molar-refractivity contribution in [3.05, 3.63) is 59.2 Å². The zero-order valence-corrected chi connectivity index (χ0v) is 12.0. The second-order valence-corrected chi connectivity index (χ2v) is 5.64. The molecule has 1 aliphatic carbocycles. The highest BCUT2D eigenvalue weighted by molar-refractivity contribution is 5.34. The van der Waals surface area contributed by atoms with Gasteiger partial charge in [0.25, 0.3) is 0 Å². The van der Waals surface area contributed by atoms with Gasteiger partial charge in [-0.2, -0.15) is 5.26 Å². The van der Waals surface area contributed by atoms with Gasteiger partial charge >= 0.3 is 0 Å². The Hall–Kier alpha value is -2.25. The molecule has 2 atom stereocenters. The summed E-state index contributed by atoms with van der Waals surface area (Å²) in [5.74, 6) is 0.607. The molecule has 1 N–H and O–H groups in total. The van der Waals surface area contributed by atoms with Gasteiger partial charge in [0.2, 0.25) is 0 Å². The SMILES string of the molecule is Cc1nccc(C(O)C2(C#N)CCc3ccccc3C2)n1. The molecule has 1 aliphatic rings. The molecule has 0 bridgehead atoms. The topological polar surface area (TPSA) is 69.8 Å². The van der Waals surface area contributed by atoms with Crippen LogP contribution in [-0.4, -0.2) is 15.1 Å². The second kappa shape index (κ2) is 5.27. The van der Waals surface area contributed by atoms with Gasteiger partial charge in [0.1, 0.15) is 11.9 Å². The fourth-order valence-corrected chi connectivity index (χ4v) is 3.06. The van der Waals surface area contributed by atoms with Gasteiger partial charge in [-0.15, -0.1) is 0 Å². The van der Waals surface area contributed by atoms with Crippen LogP contribution in [0.5, 0.6) is 0 Å². The average molecular weight is 279 g/mol. The molecule has 0 radical (unpaired) electrons. The summed E-state index contributed by atoms with van der Waals surface area (Å²) in [6, 6.07) is 12.2. The predicted octanol–water partition coefficient (Wildman–Crippen LogP) is 2.52. The van der Waals surface area contributed by atoms with Crippen molar-refractivity contribution in [3.8, 4) is 6.07 Å². The van der Waals surface area contributed by atoms with Crippen molar-refractivity contribution in [2.45, 2.75) is 32.3 Å². The third-order valence-corrected chi connectivity index (χ3v) is 4.29. The number of hydrogen-bond acceptors (Lipinski definition) is 4. The lowest BCUT2D eigenvalue weighted by molar-refractivity contribution is 0.0488. The van der Waals surface area contributed by atoms with Crippen LogP contribution in [-0.2, 0) is 12.8 Å². The highest BCUT2D eigenvalue weighted by Crippen LogP contribution is 2.43. The lowest BCUT2D eigenvalue weighted by Crippen LogP contribution is -2.34. The molecule has 4 heteroatoms. The van der Waals surface area contributed by atoms with E-state index in [0.29, 0.717) is 24.4 Å². The number of benzene rings is 1. The van der Waals surface area contributed by atoms with Gasteiger partial charge in [0, 0.05) is 6.20 Å². The Bertz CT molecular complexity index is 707. The molecule has 4 nitrogen and oxygen atoms in total. The van der Waals surface area contributed by atoms with Gasteiger partial charge in [0.05, 0.1) is 17.2 Å². The van der Waals surface area contributed by atoms with E-state index in [9.17, 15) is 10.4 Å². The Kier molecular flexibility index (Phi) is 3.44. The van der Waals surface area contributed by atoms with Crippen molar-refractivity contribution >= 4 is 0 Å². The lowest BCUT2D eigenvalue weighted by atomic mass is 9.68. The number of hydrogen-bond donors (Lipinski definition) is 1. The van der Waals surface area contributed by atoms with Gasteiger partial charge in [-0.25, -0.2) is 9.97 Å². The molecule has 1 aromatic carbocycles. The normalized spacial score (nSPS) is 22.1. The fraction of sp³-hybridized carbons (Fsp3) is 0.353. The summed E-state index contributed by atoms with van der Waals surface area (Å²) >= 11 is 0. The van der Waals surface area contributed by atoms with E-state index >= 15 is 0 Å². The van der Waals surface area contributed by atoms with E-state index < -0.39 is 11.5 Å². The number of nitrogens with zero attached hydrogens (tertiary/aromatic N) is 3. The van der Waals surface area contributed by atoms with E-state index in [2.05, 4.69) is 22.1 Å². The zero-order chi connectivity index (χ0) is 14.9. The Morgan fingerprint density at radius 3 is 2.76 bits per heavy atom. The minimum Gasteiger partial charge on any atom is -0.385 e. The number of fused-ring (bicyclic) bond motifs is 1. The summed E-state index contributed by atoms with van der Waals surface area (Å²) in [5.41, 5.74) is 2.14. The summed E-state index contributed by atoms with van der Waals surface area (Å²) in [6.07, 6.45) is 2.75. The van der Waals surface area contributed by atoms with Crippen LogP contribution in [0.15, 0.2) is 36.5 Å². The van der Waals surface area contributed by atoms with E-state index in [1.54, 1.807) is 19.2 Å². The largest absolute Gasteiger partial charge is 0.385 e. The first-order valence-corrected chi connectivity index (χ1v) is 7.10. The monoisotopic (exact) mass is 279 g/mol. The van der Waals surface area contributed by atoms with E-state index in [1.165, 1.54) is 5.56 Å². The van der Waals surface area contributed by atoms with Crippen molar-refractivity contribution in [2.24, 2.45) is 5.41 Å². The van der Waals surface area contributed by atoms with Gasteiger partial charge in [0.15, 0.2) is 0 Å². The maximum absolute atomic E-state index is 10.7. The summed E-state index contributed by atoms with van der Waals surface area (Å²) < 4.78 is 0.